The molecule has 0 aromatic heterocycles. The van der Waals surface area contributed by atoms with Crippen molar-refractivity contribution < 1.29 is 22.7 Å². The molecule has 1 atom stereocenters. The summed E-state index contributed by atoms with van der Waals surface area (Å²) in [7, 11) is -2.09. The van der Waals surface area contributed by atoms with Gasteiger partial charge in [0.25, 0.3) is 0 Å². The minimum atomic E-state index is -3.61. The Morgan fingerprint density at radius 3 is 2.42 bits per heavy atom. The van der Waals surface area contributed by atoms with Gasteiger partial charge in [-0.05, 0) is 55.5 Å². The molecule has 0 aliphatic heterocycles. The SMILES string of the molecule is CC[C@H](C(=O)NC1CCCCC1)N(Cc1ccc(Cl)c(Cl)c1)C(=O)CCCN(c1cccc(OC)c1)S(C)(=O)=O. The number of methoxy groups -OCH3 is 1. The van der Waals surface area contributed by atoms with E-state index in [0.717, 1.165) is 37.5 Å². The van der Waals surface area contributed by atoms with Gasteiger partial charge in [-0.15, -0.1) is 0 Å². The van der Waals surface area contributed by atoms with Gasteiger partial charge in [-0.25, -0.2) is 8.42 Å². The molecule has 1 N–H and O–H groups in total. The monoisotopic (exact) mass is 611 g/mol. The molecule has 0 saturated heterocycles. The van der Waals surface area contributed by atoms with E-state index < -0.39 is 16.1 Å². The van der Waals surface area contributed by atoms with Gasteiger partial charge in [0.2, 0.25) is 21.8 Å². The van der Waals surface area contributed by atoms with Crippen LogP contribution in [0.4, 0.5) is 5.69 Å². The van der Waals surface area contributed by atoms with Gasteiger partial charge in [0.1, 0.15) is 11.8 Å². The third-order valence-corrected chi connectivity index (χ3v) is 9.10. The highest BCUT2D eigenvalue weighted by atomic mass is 35.5. The van der Waals surface area contributed by atoms with Crippen LogP contribution < -0.4 is 14.4 Å². The summed E-state index contributed by atoms with van der Waals surface area (Å²) < 4.78 is 31.7. The third-order valence-electron chi connectivity index (χ3n) is 7.17. The maximum absolute atomic E-state index is 13.7. The van der Waals surface area contributed by atoms with E-state index in [9.17, 15) is 18.0 Å². The van der Waals surface area contributed by atoms with E-state index in [1.807, 2.05) is 6.92 Å². The van der Waals surface area contributed by atoms with Crippen molar-refractivity contribution in [2.45, 2.75) is 76.9 Å². The molecule has 1 fully saturated rings. The second kappa shape index (κ2) is 14.9. The molecule has 0 unspecified atom stereocenters. The highest BCUT2D eigenvalue weighted by molar-refractivity contribution is 7.92. The molecule has 2 amide bonds. The van der Waals surface area contributed by atoms with Gasteiger partial charge in [0.15, 0.2) is 0 Å². The highest BCUT2D eigenvalue weighted by Gasteiger charge is 2.30. The molecule has 0 bridgehead atoms. The summed E-state index contributed by atoms with van der Waals surface area (Å²) in [5.41, 5.74) is 1.21. The number of hydrogen-bond donors (Lipinski definition) is 1. The molecular weight excluding hydrogens is 573 g/mol. The minimum Gasteiger partial charge on any atom is -0.497 e. The summed E-state index contributed by atoms with van der Waals surface area (Å²) >= 11 is 12.3. The van der Waals surface area contributed by atoms with Crippen molar-refractivity contribution in [2.24, 2.45) is 0 Å². The second-order valence-electron chi connectivity index (χ2n) is 10.2. The lowest BCUT2D eigenvalue weighted by Gasteiger charge is -2.33. The Morgan fingerprint density at radius 2 is 1.80 bits per heavy atom. The van der Waals surface area contributed by atoms with Crippen LogP contribution in [0, 0.1) is 0 Å². The van der Waals surface area contributed by atoms with Gasteiger partial charge in [-0.3, -0.25) is 13.9 Å². The Bertz CT molecular complexity index is 1270. The zero-order valence-corrected chi connectivity index (χ0v) is 25.7. The summed E-state index contributed by atoms with van der Waals surface area (Å²) in [6, 6.07) is 11.4. The van der Waals surface area contributed by atoms with Crippen LogP contribution in [0.1, 0.15) is 63.9 Å². The highest BCUT2D eigenvalue weighted by Crippen LogP contribution is 2.26. The number of hydrogen-bond acceptors (Lipinski definition) is 5. The van der Waals surface area contributed by atoms with Crippen molar-refractivity contribution in [3.63, 3.8) is 0 Å². The molecule has 1 saturated carbocycles. The van der Waals surface area contributed by atoms with Crippen LogP contribution in [0.15, 0.2) is 42.5 Å². The van der Waals surface area contributed by atoms with Crippen LogP contribution in [-0.2, 0) is 26.2 Å². The lowest BCUT2D eigenvalue weighted by Crippen LogP contribution is -2.51. The van der Waals surface area contributed by atoms with Crippen molar-refractivity contribution in [1.82, 2.24) is 10.2 Å². The number of ether oxygens (including phenoxy) is 1. The standard InChI is InChI=1S/C29H39Cl2N3O5S/c1-4-27(29(36)32-22-10-6-5-7-11-22)33(20-21-15-16-25(30)26(31)18-21)28(35)14-9-17-34(40(3,37)38)23-12-8-13-24(19-23)39-2/h8,12-13,15-16,18-19,22,27H,4-7,9-11,14,17,20H2,1-3H3,(H,32,36)/t27-/m1/s1. The molecule has 0 spiro atoms. The summed E-state index contributed by atoms with van der Waals surface area (Å²) in [5.74, 6) is 0.123. The van der Waals surface area contributed by atoms with Gasteiger partial charge in [0, 0.05) is 31.6 Å². The van der Waals surface area contributed by atoms with Crippen LogP contribution in [0.3, 0.4) is 0 Å². The van der Waals surface area contributed by atoms with E-state index in [1.165, 1.54) is 17.8 Å². The maximum atomic E-state index is 13.7. The van der Waals surface area contributed by atoms with Gasteiger partial charge < -0.3 is 15.0 Å². The van der Waals surface area contributed by atoms with Gasteiger partial charge >= 0.3 is 0 Å². The molecule has 3 rings (SSSR count). The van der Waals surface area contributed by atoms with Gasteiger partial charge in [-0.1, -0.05) is 61.5 Å². The summed E-state index contributed by atoms with van der Waals surface area (Å²) in [4.78, 5) is 28.6. The van der Waals surface area contributed by atoms with E-state index in [4.69, 9.17) is 27.9 Å². The smallest absolute Gasteiger partial charge is 0.243 e. The molecule has 220 valence electrons. The molecule has 0 radical (unpaired) electrons. The number of amides is 2. The average Bonchev–Trinajstić information content (AvgIpc) is 2.92. The predicted molar refractivity (Wildman–Crippen MR) is 161 cm³/mol. The van der Waals surface area contributed by atoms with Gasteiger partial charge in [0.05, 0.1) is 29.1 Å². The Hall–Kier alpha value is -2.49. The Morgan fingerprint density at radius 1 is 1.07 bits per heavy atom. The number of carbonyl (C=O) groups excluding carboxylic acids is 2. The van der Waals surface area contributed by atoms with Gasteiger partial charge in [-0.2, -0.15) is 0 Å². The van der Waals surface area contributed by atoms with Crippen LogP contribution in [0.25, 0.3) is 0 Å². The van der Waals surface area contributed by atoms with Crippen molar-refractivity contribution in [1.29, 1.82) is 0 Å². The molecule has 0 heterocycles. The summed E-state index contributed by atoms with van der Waals surface area (Å²) in [5, 5.41) is 3.93. The Labute approximate surface area is 248 Å². The number of rotatable bonds is 13. The fraction of sp³-hybridized carbons (Fsp3) is 0.517. The fourth-order valence-corrected chi connectivity index (χ4v) is 6.35. The van der Waals surface area contributed by atoms with Crippen LogP contribution in [0.5, 0.6) is 5.75 Å². The lowest BCUT2D eigenvalue weighted by molar-refractivity contribution is -0.141. The van der Waals surface area contributed by atoms with E-state index in [0.29, 0.717) is 27.9 Å². The second-order valence-corrected chi connectivity index (χ2v) is 12.9. The van der Waals surface area contributed by atoms with Crippen molar-refractivity contribution >= 4 is 50.7 Å². The zero-order chi connectivity index (χ0) is 29.3. The van der Waals surface area contributed by atoms with Crippen molar-refractivity contribution in [3.8, 4) is 5.75 Å². The van der Waals surface area contributed by atoms with E-state index in [2.05, 4.69) is 5.32 Å². The van der Waals surface area contributed by atoms with Crippen molar-refractivity contribution in [2.75, 3.05) is 24.2 Å². The summed E-state index contributed by atoms with van der Waals surface area (Å²) in [6.07, 6.45) is 7.11. The first-order valence-corrected chi connectivity index (χ1v) is 16.3. The largest absolute Gasteiger partial charge is 0.497 e. The quantitative estimate of drug-likeness (QED) is 0.308. The number of halogens is 2. The maximum Gasteiger partial charge on any atom is 0.243 e. The number of sulfonamides is 1. The normalized spacial score (nSPS) is 14.8. The first kappa shape index (κ1) is 32.0. The van der Waals surface area contributed by atoms with E-state index in [-0.39, 0.29) is 43.8 Å². The number of benzene rings is 2. The van der Waals surface area contributed by atoms with Crippen LogP contribution in [0.2, 0.25) is 10.0 Å². The predicted octanol–water partition coefficient (Wildman–Crippen LogP) is 5.80. The molecule has 11 heteroatoms. The van der Waals surface area contributed by atoms with E-state index in [1.54, 1.807) is 47.4 Å². The number of nitrogens with one attached hydrogen (secondary N) is 1. The fourth-order valence-electron chi connectivity index (χ4n) is 5.07. The molecule has 1 aliphatic rings. The van der Waals surface area contributed by atoms with Crippen molar-refractivity contribution in [3.05, 3.63) is 58.1 Å². The molecule has 40 heavy (non-hydrogen) atoms. The zero-order valence-electron chi connectivity index (χ0n) is 23.4. The third kappa shape index (κ3) is 9.01. The first-order chi connectivity index (χ1) is 19.0. The molecule has 1 aliphatic carbocycles. The number of anilines is 1. The first-order valence-electron chi connectivity index (χ1n) is 13.7. The van der Waals surface area contributed by atoms with E-state index >= 15 is 0 Å². The van der Waals surface area contributed by atoms with Crippen LogP contribution in [-0.4, -0.2) is 57.1 Å². The lowest BCUT2D eigenvalue weighted by atomic mass is 9.95. The minimum absolute atomic E-state index is 0.0600. The molecule has 2 aromatic carbocycles. The number of carbonyl (C=O) groups is 2. The average molecular weight is 613 g/mol. The molecule has 8 nitrogen and oxygen atoms in total. The topological polar surface area (TPSA) is 96.0 Å². The molecule has 2 aromatic rings. The molecular formula is C29H39Cl2N3O5S. The number of nitrogens with zero attached hydrogens (tertiary/aromatic N) is 2. The Kier molecular flexibility index (Phi) is 12.0. The van der Waals surface area contributed by atoms with Crippen LogP contribution >= 0.6 is 23.2 Å². The summed E-state index contributed by atoms with van der Waals surface area (Å²) in [6.45, 7) is 2.16. The Balaban J connectivity index is 1.78.